The second kappa shape index (κ2) is 9.17. The van der Waals surface area contributed by atoms with Crippen molar-refractivity contribution >= 4 is 75.1 Å². The molecule has 0 bridgehead atoms. The van der Waals surface area contributed by atoms with E-state index in [1.807, 2.05) is 0 Å². The molecule has 1 N–H and O–H groups in total. The first-order chi connectivity index (χ1) is 13.8. The van der Waals surface area contributed by atoms with Crippen LogP contribution in [0, 0.1) is 0 Å². The smallest absolute Gasteiger partial charge is 0.266 e. The molecule has 1 atom stereocenters. The molecule has 1 unspecified atom stereocenters. The number of halogens is 2. The summed E-state index contributed by atoms with van der Waals surface area (Å²) in [5, 5.41) is 3.52. The third-order valence-electron chi connectivity index (χ3n) is 4.22. The molecule has 0 aliphatic carbocycles. The highest BCUT2D eigenvalue weighted by atomic mass is 35.5. The van der Waals surface area contributed by atoms with Crippen LogP contribution in [0.5, 0.6) is 5.75 Å². The van der Waals surface area contributed by atoms with E-state index >= 15 is 0 Å². The summed E-state index contributed by atoms with van der Waals surface area (Å²) < 4.78 is 5.40. The topological polar surface area (TPSA) is 58.6 Å². The van der Waals surface area contributed by atoms with Crippen LogP contribution in [0.3, 0.4) is 0 Å². The number of carbonyl (C=O) groups is 2. The molecule has 5 nitrogen and oxygen atoms in total. The number of amides is 2. The molecule has 0 radical (unpaired) electrons. The number of carbonyl (C=O) groups excluding carboxylic acids is 2. The van der Waals surface area contributed by atoms with Crippen molar-refractivity contribution in [1.82, 2.24) is 4.90 Å². The van der Waals surface area contributed by atoms with Crippen LogP contribution >= 0.6 is 47.2 Å². The van der Waals surface area contributed by atoms with E-state index in [1.54, 1.807) is 62.6 Å². The molecule has 150 valence electrons. The molecule has 0 aromatic heterocycles. The van der Waals surface area contributed by atoms with Crippen molar-refractivity contribution in [3.8, 4) is 5.75 Å². The lowest BCUT2D eigenvalue weighted by Gasteiger charge is -2.22. The monoisotopic (exact) mass is 466 g/mol. The van der Waals surface area contributed by atoms with Crippen molar-refractivity contribution in [1.29, 1.82) is 0 Å². The molecule has 2 amide bonds. The van der Waals surface area contributed by atoms with E-state index < -0.39 is 6.04 Å². The van der Waals surface area contributed by atoms with Crippen LogP contribution < -0.4 is 10.1 Å². The van der Waals surface area contributed by atoms with Gasteiger partial charge in [-0.2, -0.15) is 0 Å². The molecule has 1 heterocycles. The first kappa shape index (κ1) is 21.6. The molecule has 0 saturated carbocycles. The third kappa shape index (κ3) is 4.75. The number of hydrogen-bond donors (Lipinski definition) is 1. The Morgan fingerprint density at radius 1 is 1.24 bits per heavy atom. The minimum Gasteiger partial charge on any atom is -0.497 e. The van der Waals surface area contributed by atoms with Gasteiger partial charge in [-0.05, 0) is 48.9 Å². The van der Waals surface area contributed by atoms with Crippen LogP contribution in [0.4, 0.5) is 5.69 Å². The lowest BCUT2D eigenvalue weighted by atomic mass is 10.2. The predicted octanol–water partition coefficient (Wildman–Crippen LogP) is 5.23. The molecule has 29 heavy (non-hydrogen) atoms. The van der Waals surface area contributed by atoms with Gasteiger partial charge in [0.1, 0.15) is 16.1 Å². The van der Waals surface area contributed by atoms with Crippen LogP contribution in [0.2, 0.25) is 10.0 Å². The summed E-state index contributed by atoms with van der Waals surface area (Å²) >= 11 is 18.7. The minimum absolute atomic E-state index is 0.303. The van der Waals surface area contributed by atoms with E-state index in [2.05, 4.69) is 5.32 Å². The lowest BCUT2D eigenvalue weighted by Crippen LogP contribution is -2.44. The summed E-state index contributed by atoms with van der Waals surface area (Å²) in [6.45, 7) is 1.62. The molecule has 1 aliphatic rings. The molecule has 1 saturated heterocycles. The molecule has 3 rings (SSSR count). The van der Waals surface area contributed by atoms with Gasteiger partial charge in [0.2, 0.25) is 5.91 Å². The van der Waals surface area contributed by atoms with Crippen LogP contribution in [-0.4, -0.2) is 34.2 Å². The molecule has 9 heteroatoms. The van der Waals surface area contributed by atoms with Gasteiger partial charge in [0.05, 0.1) is 22.1 Å². The zero-order chi connectivity index (χ0) is 21.1. The highest BCUT2D eigenvalue weighted by molar-refractivity contribution is 8.26. The second-order valence-corrected chi connectivity index (χ2v) is 8.55. The predicted molar refractivity (Wildman–Crippen MR) is 123 cm³/mol. The molecule has 2 aromatic carbocycles. The first-order valence-corrected chi connectivity index (χ1v) is 10.5. The van der Waals surface area contributed by atoms with Gasteiger partial charge < -0.3 is 10.1 Å². The SMILES string of the molecule is COc1ccc(NC(=O)C(C)N2C(=O)/C(=C/c3cccc(Cl)c3Cl)SC2=S)cc1. The second-order valence-electron chi connectivity index (χ2n) is 6.09. The number of rotatable bonds is 5. The average molecular weight is 467 g/mol. The fraction of sp³-hybridized carbons (Fsp3) is 0.150. The van der Waals surface area contributed by atoms with Crippen molar-refractivity contribution in [2.24, 2.45) is 0 Å². The number of thiocarbonyl (C=S) groups is 1. The van der Waals surface area contributed by atoms with E-state index in [0.29, 0.717) is 36.3 Å². The number of anilines is 1. The fourth-order valence-corrected chi connectivity index (χ4v) is 4.40. The molecular formula is C20H16Cl2N2O3S2. The van der Waals surface area contributed by atoms with Crippen molar-refractivity contribution < 1.29 is 14.3 Å². The standard InChI is InChI=1S/C20H16Cl2N2O3S2/c1-11(18(25)23-13-6-8-14(27-2)9-7-13)24-19(26)16(29-20(24)28)10-12-4-3-5-15(21)17(12)22/h3-11H,1-2H3,(H,23,25)/b16-10-. The number of ether oxygens (including phenoxy) is 1. The van der Waals surface area contributed by atoms with Gasteiger partial charge >= 0.3 is 0 Å². The molecule has 2 aromatic rings. The number of methoxy groups -OCH3 is 1. The van der Waals surface area contributed by atoms with Crippen molar-refractivity contribution in [3.05, 3.63) is 63.0 Å². The third-order valence-corrected chi connectivity index (χ3v) is 6.38. The zero-order valence-electron chi connectivity index (χ0n) is 15.4. The molecular weight excluding hydrogens is 451 g/mol. The Morgan fingerprint density at radius 3 is 2.59 bits per heavy atom. The van der Waals surface area contributed by atoms with E-state index in [4.69, 9.17) is 40.2 Å². The van der Waals surface area contributed by atoms with Gasteiger partial charge in [-0.1, -0.05) is 59.3 Å². The zero-order valence-corrected chi connectivity index (χ0v) is 18.6. The number of benzene rings is 2. The van der Waals surface area contributed by atoms with Gasteiger partial charge in [-0.15, -0.1) is 0 Å². The molecule has 1 fully saturated rings. The average Bonchev–Trinajstić information content (AvgIpc) is 2.98. The van der Waals surface area contributed by atoms with E-state index in [-0.39, 0.29) is 11.8 Å². The van der Waals surface area contributed by atoms with Gasteiger partial charge in [0, 0.05) is 5.69 Å². The Bertz CT molecular complexity index is 1010. The molecule has 1 aliphatic heterocycles. The number of hydrogen-bond acceptors (Lipinski definition) is 5. The maximum absolute atomic E-state index is 12.9. The highest BCUT2D eigenvalue weighted by Gasteiger charge is 2.38. The van der Waals surface area contributed by atoms with Crippen LogP contribution in [0.15, 0.2) is 47.4 Å². The van der Waals surface area contributed by atoms with Crippen LogP contribution in [-0.2, 0) is 9.59 Å². The number of nitrogens with one attached hydrogen (secondary N) is 1. The summed E-state index contributed by atoms with van der Waals surface area (Å²) in [5.74, 6) is -0.0280. The van der Waals surface area contributed by atoms with Crippen molar-refractivity contribution in [3.63, 3.8) is 0 Å². The van der Waals surface area contributed by atoms with Crippen LogP contribution in [0.25, 0.3) is 6.08 Å². The van der Waals surface area contributed by atoms with E-state index in [9.17, 15) is 9.59 Å². The normalized spacial score (nSPS) is 16.3. The fourth-order valence-electron chi connectivity index (χ4n) is 2.63. The number of nitrogens with zero attached hydrogens (tertiary/aromatic N) is 1. The summed E-state index contributed by atoms with van der Waals surface area (Å²) in [4.78, 5) is 27.2. The summed E-state index contributed by atoms with van der Waals surface area (Å²) in [6, 6.07) is 11.3. The van der Waals surface area contributed by atoms with Gasteiger partial charge in [-0.3, -0.25) is 14.5 Å². The Morgan fingerprint density at radius 2 is 1.93 bits per heavy atom. The van der Waals surface area contributed by atoms with Crippen molar-refractivity contribution in [2.45, 2.75) is 13.0 Å². The minimum atomic E-state index is -0.787. The summed E-state index contributed by atoms with van der Waals surface area (Å²) in [7, 11) is 1.56. The molecule has 0 spiro atoms. The van der Waals surface area contributed by atoms with Gasteiger partial charge in [-0.25, -0.2) is 0 Å². The largest absolute Gasteiger partial charge is 0.497 e. The van der Waals surface area contributed by atoms with Gasteiger partial charge in [0.25, 0.3) is 5.91 Å². The Kier molecular flexibility index (Phi) is 6.85. The van der Waals surface area contributed by atoms with E-state index in [1.165, 1.54) is 4.90 Å². The Balaban J connectivity index is 1.76. The first-order valence-electron chi connectivity index (χ1n) is 8.48. The Labute approximate surface area is 188 Å². The number of thioether (sulfide) groups is 1. The maximum Gasteiger partial charge on any atom is 0.266 e. The van der Waals surface area contributed by atoms with Crippen molar-refractivity contribution in [2.75, 3.05) is 12.4 Å². The maximum atomic E-state index is 12.9. The summed E-state index contributed by atoms with van der Waals surface area (Å²) in [5.41, 5.74) is 1.20. The van der Waals surface area contributed by atoms with Crippen LogP contribution in [0.1, 0.15) is 12.5 Å². The van der Waals surface area contributed by atoms with Gasteiger partial charge in [0.15, 0.2) is 0 Å². The Hall–Kier alpha value is -2.06. The lowest BCUT2D eigenvalue weighted by molar-refractivity contribution is -0.129. The van der Waals surface area contributed by atoms with E-state index in [0.717, 1.165) is 11.8 Å². The summed E-state index contributed by atoms with van der Waals surface area (Å²) in [6.07, 6.45) is 1.63. The quantitative estimate of drug-likeness (QED) is 0.482. The highest BCUT2D eigenvalue weighted by Crippen LogP contribution is 2.36.